The van der Waals surface area contributed by atoms with Gasteiger partial charge in [0.25, 0.3) is 17.5 Å². The van der Waals surface area contributed by atoms with E-state index >= 15 is 0 Å². The number of nitrogens with zero attached hydrogens (tertiary/aromatic N) is 2. The van der Waals surface area contributed by atoms with Crippen LogP contribution in [0, 0.1) is 15.9 Å². The highest BCUT2D eigenvalue weighted by Gasteiger charge is 2.13. The molecular formula is C17H15FN4O6. The summed E-state index contributed by atoms with van der Waals surface area (Å²) in [6.45, 7) is -0.543. The summed E-state index contributed by atoms with van der Waals surface area (Å²) in [4.78, 5) is 38.2. The van der Waals surface area contributed by atoms with Crippen molar-refractivity contribution >= 4 is 35.1 Å². The number of benzene rings is 2. The van der Waals surface area contributed by atoms with Crippen molar-refractivity contribution in [2.24, 2.45) is 5.16 Å². The number of oxime groups is 1. The molecule has 0 aliphatic rings. The van der Waals surface area contributed by atoms with E-state index in [1.165, 1.54) is 37.4 Å². The molecule has 2 aromatic rings. The third-order valence-electron chi connectivity index (χ3n) is 3.24. The molecule has 0 fully saturated rings. The van der Waals surface area contributed by atoms with Gasteiger partial charge in [-0.05, 0) is 18.2 Å². The number of methoxy groups -OCH3 is 1. The molecule has 146 valence electrons. The lowest BCUT2D eigenvalue weighted by Gasteiger charge is -2.08. The molecule has 0 aliphatic heterocycles. The van der Waals surface area contributed by atoms with Crippen LogP contribution in [0.15, 0.2) is 47.6 Å². The van der Waals surface area contributed by atoms with Crippen molar-refractivity contribution in [3.05, 3.63) is 58.4 Å². The van der Waals surface area contributed by atoms with Crippen molar-refractivity contribution in [1.29, 1.82) is 0 Å². The second-order valence-corrected chi connectivity index (χ2v) is 5.17. The number of hydrogen-bond donors (Lipinski definition) is 2. The number of ether oxygens (including phenoxy) is 1. The zero-order chi connectivity index (χ0) is 20.5. The molecule has 28 heavy (non-hydrogen) atoms. The van der Waals surface area contributed by atoms with Crippen LogP contribution in [0.3, 0.4) is 0 Å². The number of anilines is 2. The second kappa shape index (κ2) is 9.62. The monoisotopic (exact) mass is 390 g/mol. The summed E-state index contributed by atoms with van der Waals surface area (Å²) < 4.78 is 18.4. The van der Waals surface area contributed by atoms with E-state index in [4.69, 9.17) is 4.74 Å². The Kier molecular flexibility index (Phi) is 6.97. The Morgan fingerprint density at radius 3 is 2.64 bits per heavy atom. The van der Waals surface area contributed by atoms with E-state index in [0.29, 0.717) is 0 Å². The number of para-hydroxylation sites is 1. The molecule has 11 heteroatoms. The van der Waals surface area contributed by atoms with Gasteiger partial charge in [-0.1, -0.05) is 17.3 Å². The van der Waals surface area contributed by atoms with Gasteiger partial charge in [-0.3, -0.25) is 19.7 Å². The fraction of sp³-hybridized carbons (Fsp3) is 0.118. The van der Waals surface area contributed by atoms with Gasteiger partial charge in [-0.15, -0.1) is 0 Å². The highest BCUT2D eigenvalue weighted by atomic mass is 19.1. The minimum absolute atomic E-state index is 0.0110. The van der Waals surface area contributed by atoms with Gasteiger partial charge in [-0.2, -0.15) is 0 Å². The molecule has 2 rings (SSSR count). The fourth-order valence-corrected chi connectivity index (χ4v) is 1.99. The molecule has 0 unspecified atom stereocenters. The third-order valence-corrected chi connectivity index (χ3v) is 3.24. The van der Waals surface area contributed by atoms with Gasteiger partial charge in [0.2, 0.25) is 0 Å². The van der Waals surface area contributed by atoms with Gasteiger partial charge in [-0.25, -0.2) is 4.39 Å². The van der Waals surface area contributed by atoms with Crippen molar-refractivity contribution in [2.45, 2.75) is 0 Å². The normalized spacial score (nSPS) is 10.4. The molecule has 2 amide bonds. The van der Waals surface area contributed by atoms with Gasteiger partial charge in [0.05, 0.1) is 29.5 Å². The molecule has 0 aromatic heterocycles. The van der Waals surface area contributed by atoms with Crippen LogP contribution in [-0.2, 0) is 14.4 Å². The Labute approximate surface area is 158 Å². The summed E-state index contributed by atoms with van der Waals surface area (Å²) in [5, 5.41) is 18.7. The van der Waals surface area contributed by atoms with Crippen LogP contribution in [0.4, 0.5) is 21.5 Å². The average Bonchev–Trinajstić information content (AvgIpc) is 2.67. The van der Waals surface area contributed by atoms with Gasteiger partial charge in [0.15, 0.2) is 6.61 Å². The maximum Gasteiger partial charge on any atom is 0.273 e. The lowest BCUT2D eigenvalue weighted by molar-refractivity contribution is -0.384. The first kappa shape index (κ1) is 20.3. The first-order valence-corrected chi connectivity index (χ1v) is 7.74. The largest absolute Gasteiger partial charge is 0.494 e. The standard InChI is InChI=1S/C17H15FN4O6/c1-27-15-8-11(22(25)26)6-7-14(15)21-16(23)9-19-28-10-17(24)20-13-5-3-2-4-12(13)18/h2-9H,10H2,1H3,(H,20,24)(H,21,23)/b19-9-. The smallest absolute Gasteiger partial charge is 0.273 e. The molecule has 0 saturated heterocycles. The number of carbonyl (C=O) groups excluding carboxylic acids is 2. The molecule has 0 bridgehead atoms. The summed E-state index contributed by atoms with van der Waals surface area (Å²) in [7, 11) is 1.29. The van der Waals surface area contributed by atoms with E-state index in [1.807, 2.05) is 0 Å². The molecule has 0 heterocycles. The number of nitrogens with one attached hydrogen (secondary N) is 2. The molecule has 0 spiro atoms. The van der Waals surface area contributed by atoms with Crippen molar-refractivity contribution < 1.29 is 28.5 Å². The van der Waals surface area contributed by atoms with Crippen molar-refractivity contribution in [3.63, 3.8) is 0 Å². The van der Waals surface area contributed by atoms with Crippen molar-refractivity contribution in [1.82, 2.24) is 0 Å². The van der Waals surface area contributed by atoms with E-state index in [2.05, 4.69) is 20.6 Å². The number of carbonyl (C=O) groups is 2. The minimum Gasteiger partial charge on any atom is -0.494 e. The summed E-state index contributed by atoms with van der Waals surface area (Å²) >= 11 is 0. The molecule has 0 radical (unpaired) electrons. The lowest BCUT2D eigenvalue weighted by atomic mass is 10.2. The van der Waals surface area contributed by atoms with E-state index in [1.54, 1.807) is 6.07 Å². The summed E-state index contributed by atoms with van der Waals surface area (Å²) in [6.07, 6.45) is 0.761. The number of halogens is 1. The number of non-ortho nitro benzene ring substituents is 1. The van der Waals surface area contributed by atoms with E-state index in [9.17, 15) is 24.1 Å². The van der Waals surface area contributed by atoms with E-state index in [0.717, 1.165) is 12.3 Å². The number of rotatable bonds is 8. The van der Waals surface area contributed by atoms with E-state index in [-0.39, 0.29) is 22.8 Å². The average molecular weight is 390 g/mol. The van der Waals surface area contributed by atoms with Gasteiger partial charge in [0.1, 0.15) is 17.8 Å². The first-order chi connectivity index (χ1) is 13.4. The maximum absolute atomic E-state index is 13.4. The molecule has 0 atom stereocenters. The van der Waals surface area contributed by atoms with Crippen molar-refractivity contribution in [3.8, 4) is 5.75 Å². The number of amides is 2. The van der Waals surface area contributed by atoms with Crippen LogP contribution in [0.5, 0.6) is 5.75 Å². The summed E-state index contributed by atoms with van der Waals surface area (Å²) in [6, 6.07) is 9.23. The summed E-state index contributed by atoms with van der Waals surface area (Å²) in [5.41, 5.74) is -0.0300. The quantitative estimate of drug-likeness (QED) is 0.404. The van der Waals surface area contributed by atoms with Crippen LogP contribution >= 0.6 is 0 Å². The zero-order valence-corrected chi connectivity index (χ0v) is 14.5. The first-order valence-electron chi connectivity index (χ1n) is 7.74. The topological polar surface area (TPSA) is 132 Å². The Morgan fingerprint density at radius 2 is 1.96 bits per heavy atom. The molecule has 2 N–H and O–H groups in total. The van der Waals surface area contributed by atoms with Crippen molar-refractivity contribution in [2.75, 3.05) is 24.4 Å². The number of nitro benzene ring substituents is 1. The highest BCUT2D eigenvalue weighted by Crippen LogP contribution is 2.28. The predicted molar refractivity (Wildman–Crippen MR) is 97.8 cm³/mol. The molecule has 0 aliphatic carbocycles. The Hall–Kier alpha value is -4.02. The Balaban J connectivity index is 1.84. The minimum atomic E-state index is -0.721. The second-order valence-electron chi connectivity index (χ2n) is 5.17. The van der Waals surface area contributed by atoms with Gasteiger partial charge >= 0.3 is 0 Å². The number of hydrogen-bond acceptors (Lipinski definition) is 7. The van der Waals surface area contributed by atoms with Gasteiger partial charge in [0, 0.05) is 6.07 Å². The van der Waals surface area contributed by atoms with Crippen LogP contribution in [0.2, 0.25) is 0 Å². The Bertz CT molecular complexity index is 918. The maximum atomic E-state index is 13.4. The summed E-state index contributed by atoms with van der Waals surface area (Å²) in [5.74, 6) is -1.90. The van der Waals surface area contributed by atoms with Gasteiger partial charge < -0.3 is 20.2 Å². The molecular weight excluding hydrogens is 375 g/mol. The lowest BCUT2D eigenvalue weighted by Crippen LogP contribution is -2.18. The van der Waals surface area contributed by atoms with Crippen LogP contribution in [0.25, 0.3) is 0 Å². The molecule has 10 nitrogen and oxygen atoms in total. The van der Waals surface area contributed by atoms with Crippen LogP contribution < -0.4 is 15.4 Å². The van der Waals surface area contributed by atoms with E-state index < -0.39 is 29.2 Å². The Morgan fingerprint density at radius 1 is 1.21 bits per heavy atom. The predicted octanol–water partition coefficient (Wildman–Crippen LogP) is 2.32. The SMILES string of the molecule is COc1cc([N+](=O)[O-])ccc1NC(=O)/C=N\OCC(=O)Nc1ccccc1F. The van der Waals surface area contributed by atoms with Crippen LogP contribution in [0.1, 0.15) is 0 Å². The fourth-order valence-electron chi connectivity index (χ4n) is 1.99. The number of nitro groups is 1. The van der Waals surface area contributed by atoms with Crippen LogP contribution in [-0.4, -0.2) is 36.7 Å². The highest BCUT2D eigenvalue weighted by molar-refractivity contribution is 6.31. The molecule has 2 aromatic carbocycles. The zero-order valence-electron chi connectivity index (χ0n) is 14.5. The third kappa shape index (κ3) is 5.76. The molecule has 0 saturated carbocycles.